The number of rotatable bonds is 6. The normalized spacial score (nSPS) is 11.8. The van der Waals surface area contributed by atoms with Crippen molar-refractivity contribution in [2.24, 2.45) is 0 Å². The first-order chi connectivity index (χ1) is 12.6. The molecule has 0 saturated heterocycles. The zero-order chi connectivity index (χ0) is 18.5. The van der Waals surface area contributed by atoms with Gasteiger partial charge in [-0.3, -0.25) is 0 Å². The minimum atomic E-state index is 0.229. The second-order valence-electron chi connectivity index (χ2n) is 6.17. The monoisotopic (exact) mass is 429 g/mol. The van der Waals surface area contributed by atoms with Gasteiger partial charge >= 0.3 is 0 Å². The Morgan fingerprint density at radius 3 is 2.46 bits per heavy atom. The summed E-state index contributed by atoms with van der Waals surface area (Å²) < 4.78 is 6.52. The molecule has 0 aliphatic rings. The van der Waals surface area contributed by atoms with Crippen LogP contribution in [0.1, 0.15) is 29.5 Å². The molecule has 0 spiro atoms. The maximum absolute atomic E-state index is 6.29. The van der Waals surface area contributed by atoms with Crippen LogP contribution in [0.4, 0.5) is 5.69 Å². The van der Waals surface area contributed by atoms with Gasteiger partial charge in [0.15, 0.2) is 0 Å². The van der Waals surface area contributed by atoms with Crippen LogP contribution in [0.2, 0.25) is 5.02 Å². The lowest BCUT2D eigenvalue weighted by atomic mass is 9.91. The number of benzene rings is 3. The Morgan fingerprint density at radius 1 is 1.04 bits per heavy atom. The largest absolute Gasteiger partial charge is 0.497 e. The number of hydrogen-bond acceptors (Lipinski definition) is 2. The molecule has 0 fully saturated rings. The van der Waals surface area contributed by atoms with Crippen molar-refractivity contribution in [3.05, 3.63) is 92.9 Å². The molecule has 2 nitrogen and oxygen atoms in total. The maximum atomic E-state index is 6.29. The van der Waals surface area contributed by atoms with Gasteiger partial charge in [-0.1, -0.05) is 64.8 Å². The standard InChI is InChI=1S/C22H21BrClNO/c1-15(16-7-9-18(23)10-8-16)20-13-19(26-2)11-12-22(20)25-14-17-5-3-4-6-21(17)24/h3-13,15,25H,14H2,1-2H3. The zero-order valence-electron chi connectivity index (χ0n) is 14.8. The highest BCUT2D eigenvalue weighted by Crippen LogP contribution is 2.34. The lowest BCUT2D eigenvalue weighted by molar-refractivity contribution is 0.414. The summed E-state index contributed by atoms with van der Waals surface area (Å²) in [4.78, 5) is 0. The Labute approximate surface area is 168 Å². The summed E-state index contributed by atoms with van der Waals surface area (Å²) in [5, 5.41) is 4.31. The first-order valence-corrected chi connectivity index (χ1v) is 9.66. The Morgan fingerprint density at radius 2 is 1.77 bits per heavy atom. The van der Waals surface area contributed by atoms with Crippen LogP contribution in [-0.4, -0.2) is 7.11 Å². The Kier molecular flexibility index (Phi) is 6.23. The van der Waals surface area contributed by atoms with Crippen LogP contribution >= 0.6 is 27.5 Å². The van der Waals surface area contributed by atoms with Gasteiger partial charge in [-0.15, -0.1) is 0 Å². The summed E-state index contributed by atoms with van der Waals surface area (Å²) in [5.41, 5.74) is 4.61. The van der Waals surface area contributed by atoms with Crippen LogP contribution < -0.4 is 10.1 Å². The fourth-order valence-corrected chi connectivity index (χ4v) is 3.42. The second kappa shape index (κ2) is 8.61. The molecule has 3 aromatic carbocycles. The number of hydrogen-bond donors (Lipinski definition) is 1. The first kappa shape index (κ1) is 18.8. The van der Waals surface area contributed by atoms with E-state index in [9.17, 15) is 0 Å². The summed E-state index contributed by atoms with van der Waals surface area (Å²) in [5.74, 6) is 1.08. The van der Waals surface area contributed by atoms with E-state index in [2.05, 4.69) is 64.6 Å². The van der Waals surface area contributed by atoms with Gasteiger partial charge < -0.3 is 10.1 Å². The van der Waals surface area contributed by atoms with Crippen molar-refractivity contribution in [2.45, 2.75) is 19.4 Å². The highest BCUT2D eigenvalue weighted by molar-refractivity contribution is 9.10. The van der Waals surface area contributed by atoms with Crippen molar-refractivity contribution in [3.63, 3.8) is 0 Å². The lowest BCUT2D eigenvalue weighted by Crippen LogP contribution is -2.06. The molecule has 0 saturated carbocycles. The van der Waals surface area contributed by atoms with Crippen LogP contribution in [0.25, 0.3) is 0 Å². The van der Waals surface area contributed by atoms with Gasteiger partial charge in [0, 0.05) is 27.6 Å². The van der Waals surface area contributed by atoms with Crippen molar-refractivity contribution in [3.8, 4) is 5.75 Å². The van der Waals surface area contributed by atoms with Gasteiger partial charge in [-0.05, 0) is 53.1 Å². The van der Waals surface area contributed by atoms with E-state index >= 15 is 0 Å². The third-order valence-corrected chi connectivity index (χ3v) is 5.42. The third kappa shape index (κ3) is 4.40. The summed E-state index contributed by atoms with van der Waals surface area (Å²) in [6.45, 7) is 2.88. The van der Waals surface area contributed by atoms with E-state index in [0.717, 1.165) is 26.5 Å². The molecule has 1 unspecified atom stereocenters. The molecule has 3 rings (SSSR count). The molecule has 1 N–H and O–H groups in total. The molecule has 0 bridgehead atoms. The van der Waals surface area contributed by atoms with Crippen molar-refractivity contribution in [1.29, 1.82) is 0 Å². The van der Waals surface area contributed by atoms with E-state index in [-0.39, 0.29) is 5.92 Å². The molecule has 0 aromatic heterocycles. The van der Waals surface area contributed by atoms with Crippen LogP contribution in [0.3, 0.4) is 0 Å². The number of anilines is 1. The average molecular weight is 431 g/mol. The van der Waals surface area contributed by atoms with Gasteiger partial charge in [0.2, 0.25) is 0 Å². The molecule has 0 aliphatic heterocycles. The number of ether oxygens (including phenoxy) is 1. The smallest absolute Gasteiger partial charge is 0.119 e. The summed E-state index contributed by atoms with van der Waals surface area (Å²) in [7, 11) is 1.69. The van der Waals surface area contributed by atoms with Crippen LogP contribution in [0, 0.1) is 0 Å². The third-order valence-electron chi connectivity index (χ3n) is 4.52. The molecule has 1 atom stereocenters. The highest BCUT2D eigenvalue weighted by Gasteiger charge is 2.14. The Hall–Kier alpha value is -1.97. The predicted octanol–water partition coefficient (Wildman–Crippen LogP) is 6.88. The van der Waals surface area contributed by atoms with E-state index in [4.69, 9.17) is 16.3 Å². The molecule has 0 aliphatic carbocycles. The molecular weight excluding hydrogens is 410 g/mol. The van der Waals surface area contributed by atoms with Gasteiger partial charge in [-0.2, -0.15) is 0 Å². The van der Waals surface area contributed by atoms with Gasteiger partial charge in [0.1, 0.15) is 5.75 Å². The van der Waals surface area contributed by atoms with Crippen LogP contribution in [0.5, 0.6) is 5.75 Å². The fourth-order valence-electron chi connectivity index (χ4n) is 2.95. The van der Waals surface area contributed by atoms with Crippen molar-refractivity contribution in [2.75, 3.05) is 12.4 Å². The first-order valence-electron chi connectivity index (χ1n) is 8.49. The fraction of sp³-hybridized carbons (Fsp3) is 0.182. The average Bonchev–Trinajstić information content (AvgIpc) is 2.67. The topological polar surface area (TPSA) is 21.3 Å². The second-order valence-corrected chi connectivity index (χ2v) is 7.49. The van der Waals surface area contributed by atoms with E-state index in [1.165, 1.54) is 11.1 Å². The minimum Gasteiger partial charge on any atom is -0.497 e. The van der Waals surface area contributed by atoms with Crippen molar-refractivity contribution in [1.82, 2.24) is 0 Å². The molecule has 0 amide bonds. The SMILES string of the molecule is COc1ccc(NCc2ccccc2Cl)c(C(C)c2ccc(Br)cc2)c1. The Balaban J connectivity index is 1.90. The van der Waals surface area contributed by atoms with Gasteiger partial charge in [0.05, 0.1) is 7.11 Å². The molecule has 0 radical (unpaired) electrons. The summed E-state index contributed by atoms with van der Waals surface area (Å²) >= 11 is 9.79. The molecular formula is C22H21BrClNO. The van der Waals surface area contributed by atoms with Crippen molar-refractivity contribution < 1.29 is 4.74 Å². The number of methoxy groups -OCH3 is 1. The predicted molar refractivity (Wildman–Crippen MR) is 113 cm³/mol. The molecule has 134 valence electrons. The maximum Gasteiger partial charge on any atom is 0.119 e. The molecule has 0 heterocycles. The van der Waals surface area contributed by atoms with E-state index < -0.39 is 0 Å². The lowest BCUT2D eigenvalue weighted by Gasteiger charge is -2.20. The molecule has 26 heavy (non-hydrogen) atoms. The highest BCUT2D eigenvalue weighted by atomic mass is 79.9. The van der Waals surface area contributed by atoms with Gasteiger partial charge in [-0.25, -0.2) is 0 Å². The molecule has 4 heteroatoms. The van der Waals surface area contributed by atoms with E-state index in [1.54, 1.807) is 7.11 Å². The van der Waals surface area contributed by atoms with E-state index in [1.807, 2.05) is 30.3 Å². The number of halogens is 2. The summed E-state index contributed by atoms with van der Waals surface area (Å²) in [6, 6.07) is 22.5. The van der Waals surface area contributed by atoms with Crippen molar-refractivity contribution >= 4 is 33.2 Å². The minimum absolute atomic E-state index is 0.229. The van der Waals surface area contributed by atoms with Crippen LogP contribution in [0.15, 0.2) is 71.2 Å². The zero-order valence-corrected chi connectivity index (χ0v) is 17.1. The van der Waals surface area contributed by atoms with E-state index in [0.29, 0.717) is 6.54 Å². The Bertz CT molecular complexity index is 880. The quantitative estimate of drug-likeness (QED) is 0.460. The summed E-state index contributed by atoms with van der Waals surface area (Å²) in [6.07, 6.45) is 0. The number of nitrogens with one attached hydrogen (secondary N) is 1. The van der Waals surface area contributed by atoms with Crippen LogP contribution in [-0.2, 0) is 6.54 Å². The van der Waals surface area contributed by atoms with Gasteiger partial charge in [0.25, 0.3) is 0 Å². The molecule has 3 aromatic rings.